The van der Waals surface area contributed by atoms with Gasteiger partial charge < -0.3 is 10.7 Å². The van der Waals surface area contributed by atoms with Crippen LogP contribution in [-0.2, 0) is 16.6 Å². The van der Waals surface area contributed by atoms with E-state index < -0.39 is 10.0 Å². The molecule has 3 N–H and O–H groups in total. The van der Waals surface area contributed by atoms with Crippen LogP contribution in [0.1, 0.15) is 36.8 Å². The highest BCUT2D eigenvalue weighted by molar-refractivity contribution is 7.89. The lowest BCUT2D eigenvalue weighted by molar-refractivity contribution is 0.321. The lowest BCUT2D eigenvalue weighted by atomic mass is 9.89. The monoisotopic (exact) mass is 397 g/mol. The van der Waals surface area contributed by atoms with Crippen LogP contribution >= 0.6 is 0 Å². The first kappa shape index (κ1) is 19.2. The quantitative estimate of drug-likeness (QED) is 0.687. The summed E-state index contributed by atoms with van der Waals surface area (Å²) in [5.74, 6) is 0.554. The normalized spacial score (nSPS) is 16.6. The van der Waals surface area contributed by atoms with Gasteiger partial charge in [0, 0.05) is 36.7 Å². The molecule has 0 unspecified atom stereocenters. The van der Waals surface area contributed by atoms with Gasteiger partial charge in [-0.25, -0.2) is 12.7 Å². The summed E-state index contributed by atoms with van der Waals surface area (Å²) < 4.78 is 25.9. The number of hydrogen-bond acceptors (Lipinski definition) is 3. The van der Waals surface area contributed by atoms with Crippen molar-refractivity contribution < 1.29 is 8.42 Å². The van der Waals surface area contributed by atoms with E-state index in [1.54, 1.807) is 11.2 Å². The van der Waals surface area contributed by atoms with E-state index in [9.17, 15) is 8.42 Å². The molecule has 1 fully saturated rings. The molecule has 0 saturated carbocycles. The van der Waals surface area contributed by atoms with Gasteiger partial charge in [0.25, 0.3) is 0 Å². The molecule has 0 radical (unpaired) electrons. The van der Waals surface area contributed by atoms with Crippen molar-refractivity contribution in [3.63, 3.8) is 0 Å². The fraction of sp³-hybridized carbons (Fsp3) is 0.364. The van der Waals surface area contributed by atoms with Gasteiger partial charge in [-0.1, -0.05) is 24.3 Å². The average molecular weight is 398 g/mol. The molecule has 1 saturated heterocycles. The summed E-state index contributed by atoms with van der Waals surface area (Å²) in [7, 11) is -3.09. The van der Waals surface area contributed by atoms with Gasteiger partial charge in [0.1, 0.15) is 0 Å². The SMILES string of the molecule is CCS(=O)(=O)N1CCC(c2c[nH]c3ccc(-c4cccc(CN)c4)cc23)CC1. The third-order valence-electron chi connectivity index (χ3n) is 5.86. The molecule has 2 heterocycles. The molecule has 0 amide bonds. The second-order valence-corrected chi connectivity index (χ2v) is 9.74. The Morgan fingerprint density at radius 3 is 2.57 bits per heavy atom. The van der Waals surface area contributed by atoms with Crippen molar-refractivity contribution in [2.24, 2.45) is 5.73 Å². The van der Waals surface area contributed by atoms with Crippen molar-refractivity contribution in [2.45, 2.75) is 32.2 Å². The lowest BCUT2D eigenvalue weighted by Crippen LogP contribution is -2.38. The van der Waals surface area contributed by atoms with E-state index in [2.05, 4.69) is 41.5 Å². The number of rotatable bonds is 5. The predicted molar refractivity (Wildman–Crippen MR) is 115 cm³/mol. The van der Waals surface area contributed by atoms with Crippen LogP contribution in [0.3, 0.4) is 0 Å². The largest absolute Gasteiger partial charge is 0.361 e. The predicted octanol–water partition coefficient (Wildman–Crippen LogP) is 3.82. The Labute approximate surface area is 166 Å². The molecule has 1 aliphatic heterocycles. The van der Waals surface area contributed by atoms with Crippen LogP contribution in [0.15, 0.2) is 48.7 Å². The standard InChI is InChI=1S/C22H27N3O2S/c1-2-28(26,27)25-10-8-17(9-11-25)21-15-24-22-7-6-19(13-20(21)22)18-5-3-4-16(12-18)14-23/h3-7,12-13,15,17,24H,2,8-11,14,23H2,1H3. The first-order valence-corrected chi connectivity index (χ1v) is 11.5. The molecule has 1 aliphatic rings. The van der Waals surface area contributed by atoms with Crippen LogP contribution in [-0.4, -0.2) is 36.5 Å². The summed E-state index contributed by atoms with van der Waals surface area (Å²) in [6.07, 6.45) is 3.82. The van der Waals surface area contributed by atoms with Gasteiger partial charge in [0.05, 0.1) is 5.75 Å². The maximum atomic E-state index is 12.1. The zero-order valence-electron chi connectivity index (χ0n) is 16.2. The molecule has 0 atom stereocenters. The second-order valence-electron chi connectivity index (χ2n) is 7.48. The van der Waals surface area contributed by atoms with Crippen LogP contribution in [0, 0.1) is 0 Å². The number of aromatic amines is 1. The van der Waals surface area contributed by atoms with E-state index in [1.807, 2.05) is 12.1 Å². The number of piperidine rings is 1. The second kappa shape index (κ2) is 7.70. The molecule has 1 aromatic heterocycles. The summed E-state index contributed by atoms with van der Waals surface area (Å²) in [5.41, 5.74) is 11.7. The number of benzene rings is 2. The number of nitrogens with one attached hydrogen (secondary N) is 1. The Morgan fingerprint density at radius 2 is 1.86 bits per heavy atom. The van der Waals surface area contributed by atoms with E-state index in [0.29, 0.717) is 25.6 Å². The fourth-order valence-electron chi connectivity index (χ4n) is 4.16. The first-order valence-electron chi connectivity index (χ1n) is 9.90. The third kappa shape index (κ3) is 3.60. The maximum absolute atomic E-state index is 12.1. The fourth-order valence-corrected chi connectivity index (χ4v) is 5.30. The van der Waals surface area contributed by atoms with Crippen LogP contribution < -0.4 is 5.73 Å². The molecule has 3 aromatic rings. The summed E-state index contributed by atoms with van der Waals surface area (Å²) in [5, 5.41) is 1.23. The minimum absolute atomic E-state index is 0.177. The molecule has 2 aromatic carbocycles. The van der Waals surface area contributed by atoms with Gasteiger partial charge in [-0.15, -0.1) is 0 Å². The molecule has 28 heavy (non-hydrogen) atoms. The first-order chi connectivity index (χ1) is 13.5. The van der Waals surface area contributed by atoms with Crippen LogP contribution in [0.25, 0.3) is 22.0 Å². The molecular weight excluding hydrogens is 370 g/mol. The van der Waals surface area contributed by atoms with Crippen molar-refractivity contribution in [1.82, 2.24) is 9.29 Å². The molecule has 4 rings (SSSR count). The smallest absolute Gasteiger partial charge is 0.213 e. The van der Waals surface area contributed by atoms with Gasteiger partial charge in [-0.3, -0.25) is 0 Å². The van der Waals surface area contributed by atoms with E-state index >= 15 is 0 Å². The van der Waals surface area contributed by atoms with E-state index in [1.165, 1.54) is 22.1 Å². The summed E-state index contributed by atoms with van der Waals surface area (Å²) in [4.78, 5) is 3.39. The third-order valence-corrected chi connectivity index (χ3v) is 7.74. The highest BCUT2D eigenvalue weighted by Gasteiger charge is 2.28. The molecule has 0 spiro atoms. The van der Waals surface area contributed by atoms with E-state index in [0.717, 1.165) is 23.9 Å². The number of nitrogens with two attached hydrogens (primary N) is 1. The van der Waals surface area contributed by atoms with Crippen LogP contribution in [0.2, 0.25) is 0 Å². The van der Waals surface area contributed by atoms with Crippen molar-refractivity contribution in [3.05, 3.63) is 59.8 Å². The van der Waals surface area contributed by atoms with Gasteiger partial charge in [-0.2, -0.15) is 0 Å². The van der Waals surface area contributed by atoms with Crippen LogP contribution in [0.4, 0.5) is 0 Å². The Kier molecular flexibility index (Phi) is 5.27. The highest BCUT2D eigenvalue weighted by atomic mass is 32.2. The zero-order valence-corrected chi connectivity index (χ0v) is 17.0. The number of sulfonamides is 1. The summed E-state index contributed by atoms with van der Waals surface area (Å²) in [6, 6.07) is 14.8. The molecule has 148 valence electrons. The van der Waals surface area contributed by atoms with Crippen molar-refractivity contribution in [2.75, 3.05) is 18.8 Å². The van der Waals surface area contributed by atoms with Crippen LogP contribution in [0.5, 0.6) is 0 Å². The molecule has 0 aliphatic carbocycles. The summed E-state index contributed by atoms with van der Waals surface area (Å²) >= 11 is 0. The average Bonchev–Trinajstić information content (AvgIpc) is 3.17. The molecule has 5 nitrogen and oxygen atoms in total. The maximum Gasteiger partial charge on any atom is 0.213 e. The summed E-state index contributed by atoms with van der Waals surface area (Å²) in [6.45, 7) is 3.45. The molecule has 6 heteroatoms. The Morgan fingerprint density at radius 1 is 1.11 bits per heavy atom. The van der Waals surface area contributed by atoms with Gasteiger partial charge in [0.15, 0.2) is 0 Å². The van der Waals surface area contributed by atoms with Crippen molar-refractivity contribution >= 4 is 20.9 Å². The minimum Gasteiger partial charge on any atom is -0.361 e. The van der Waals surface area contributed by atoms with Gasteiger partial charge in [0.2, 0.25) is 10.0 Å². The van der Waals surface area contributed by atoms with Gasteiger partial charge in [-0.05, 0) is 66.1 Å². The molecule has 0 bridgehead atoms. The van der Waals surface area contributed by atoms with Crippen molar-refractivity contribution in [1.29, 1.82) is 0 Å². The highest BCUT2D eigenvalue weighted by Crippen LogP contribution is 2.35. The van der Waals surface area contributed by atoms with Crippen molar-refractivity contribution in [3.8, 4) is 11.1 Å². The number of nitrogens with zero attached hydrogens (tertiary/aromatic N) is 1. The van der Waals surface area contributed by atoms with E-state index in [-0.39, 0.29) is 5.75 Å². The number of H-pyrrole nitrogens is 1. The minimum atomic E-state index is -3.09. The Hall–Kier alpha value is -2.15. The van der Waals surface area contributed by atoms with E-state index in [4.69, 9.17) is 5.73 Å². The number of hydrogen-bond donors (Lipinski definition) is 2. The number of aromatic nitrogens is 1. The topological polar surface area (TPSA) is 79.2 Å². The molecular formula is C22H27N3O2S. The number of fused-ring (bicyclic) bond motifs is 1. The van der Waals surface area contributed by atoms with Gasteiger partial charge >= 0.3 is 0 Å². The lowest BCUT2D eigenvalue weighted by Gasteiger charge is -2.30. The Bertz CT molecular complexity index is 1080. The Balaban J connectivity index is 1.62. The zero-order chi connectivity index (χ0) is 19.7.